The van der Waals surface area contributed by atoms with Crippen LogP contribution in [0.4, 0.5) is 0 Å². The zero-order chi connectivity index (χ0) is 24.6. The average molecular weight is 492 g/mol. The minimum atomic E-state index is -0.985. The first-order valence-electron chi connectivity index (χ1n) is 12.4. The van der Waals surface area contributed by atoms with Crippen LogP contribution in [0.25, 0.3) is 10.9 Å². The highest BCUT2D eigenvalue weighted by molar-refractivity contribution is 7.98. The quantitative estimate of drug-likeness (QED) is 0.478. The Morgan fingerprint density at radius 2 is 1.89 bits per heavy atom. The lowest BCUT2D eigenvalue weighted by Gasteiger charge is -2.44. The maximum atomic E-state index is 13.9. The van der Waals surface area contributed by atoms with Gasteiger partial charge in [-0.3, -0.25) is 9.59 Å². The Morgan fingerprint density at radius 3 is 2.57 bits per heavy atom. The number of nitrogens with one attached hydrogen (secondary N) is 1. The molecule has 1 aromatic heterocycles. The van der Waals surface area contributed by atoms with E-state index in [1.807, 2.05) is 35.8 Å². The molecule has 184 valence electrons. The number of fused-ring (bicyclic) bond motifs is 3. The highest BCUT2D eigenvalue weighted by atomic mass is 32.2. The largest absolute Gasteiger partial charge is 0.497 e. The number of amides is 2. The number of nitrogens with zero attached hydrogens (tertiary/aromatic N) is 2. The molecular formula is C28H33N3O3S. The van der Waals surface area contributed by atoms with Gasteiger partial charge in [0.1, 0.15) is 17.0 Å². The summed E-state index contributed by atoms with van der Waals surface area (Å²) < 4.78 is 7.43. The van der Waals surface area contributed by atoms with E-state index in [4.69, 9.17) is 4.74 Å². The van der Waals surface area contributed by atoms with Gasteiger partial charge in [-0.05, 0) is 68.3 Å². The first-order chi connectivity index (χ1) is 16.9. The Hall–Kier alpha value is -2.93. The summed E-state index contributed by atoms with van der Waals surface area (Å²) in [4.78, 5) is 30.7. The summed E-state index contributed by atoms with van der Waals surface area (Å²) in [7, 11) is 1.64. The number of benzene rings is 2. The van der Waals surface area contributed by atoms with Crippen molar-refractivity contribution in [3.63, 3.8) is 0 Å². The first kappa shape index (κ1) is 23.8. The van der Waals surface area contributed by atoms with Crippen LogP contribution in [-0.2, 0) is 17.8 Å². The molecule has 0 saturated heterocycles. The van der Waals surface area contributed by atoms with Crippen LogP contribution in [-0.4, -0.2) is 52.8 Å². The van der Waals surface area contributed by atoms with Crippen LogP contribution in [0.3, 0.4) is 0 Å². The molecule has 35 heavy (non-hydrogen) atoms. The van der Waals surface area contributed by atoms with Crippen molar-refractivity contribution in [1.29, 1.82) is 0 Å². The molecule has 1 N–H and O–H groups in total. The van der Waals surface area contributed by atoms with Gasteiger partial charge < -0.3 is 19.5 Å². The number of aromatic nitrogens is 1. The highest BCUT2D eigenvalue weighted by Crippen LogP contribution is 2.34. The fourth-order valence-electron chi connectivity index (χ4n) is 5.45. The monoisotopic (exact) mass is 491 g/mol. The van der Waals surface area contributed by atoms with E-state index in [2.05, 4.69) is 35.8 Å². The molecule has 2 amide bonds. The topological polar surface area (TPSA) is 63.6 Å². The van der Waals surface area contributed by atoms with Crippen molar-refractivity contribution in [3.8, 4) is 5.75 Å². The Labute approximate surface area is 211 Å². The lowest BCUT2D eigenvalue weighted by Crippen LogP contribution is -2.65. The highest BCUT2D eigenvalue weighted by Gasteiger charge is 2.48. The van der Waals surface area contributed by atoms with E-state index in [9.17, 15) is 9.59 Å². The van der Waals surface area contributed by atoms with E-state index in [1.165, 1.54) is 4.90 Å². The average Bonchev–Trinajstić information content (AvgIpc) is 3.51. The van der Waals surface area contributed by atoms with Gasteiger partial charge in [-0.25, -0.2) is 0 Å². The molecule has 1 atom stereocenters. The van der Waals surface area contributed by atoms with Crippen molar-refractivity contribution in [2.45, 2.75) is 62.0 Å². The molecule has 1 unspecified atom stereocenters. The number of carbonyl (C=O) groups is 2. The van der Waals surface area contributed by atoms with Gasteiger partial charge in [0, 0.05) is 28.9 Å². The van der Waals surface area contributed by atoms with Gasteiger partial charge in [-0.2, -0.15) is 0 Å². The third-order valence-electron chi connectivity index (χ3n) is 7.60. The minimum absolute atomic E-state index is 0.0640. The standard InChI is InChI=1S/C28H33N3O3S/c1-28(27(33)29-21-6-4-5-7-21)18-30-24-17-22(34-2)11-10-20(24)16-25(30)26(32)31(28)15-14-19-8-12-23(35-3)13-9-19/h8-13,16-17,21H,4-7,14-15,18H2,1-3H3,(H,29,33). The second kappa shape index (κ2) is 9.61. The molecule has 0 spiro atoms. The number of methoxy groups -OCH3 is 1. The van der Waals surface area contributed by atoms with Crippen molar-refractivity contribution in [2.24, 2.45) is 0 Å². The zero-order valence-electron chi connectivity index (χ0n) is 20.7. The summed E-state index contributed by atoms with van der Waals surface area (Å²) in [5, 5.41) is 4.25. The summed E-state index contributed by atoms with van der Waals surface area (Å²) in [6.45, 7) is 2.81. The predicted molar refractivity (Wildman–Crippen MR) is 140 cm³/mol. The van der Waals surface area contributed by atoms with E-state index in [-0.39, 0.29) is 17.9 Å². The molecular weight excluding hydrogens is 458 g/mol. The Morgan fingerprint density at radius 1 is 1.14 bits per heavy atom. The van der Waals surface area contributed by atoms with Gasteiger partial charge in [0.05, 0.1) is 19.2 Å². The van der Waals surface area contributed by atoms with Gasteiger partial charge in [-0.1, -0.05) is 25.0 Å². The molecule has 3 aromatic rings. The van der Waals surface area contributed by atoms with Crippen LogP contribution in [0.2, 0.25) is 0 Å². The van der Waals surface area contributed by atoms with Crippen LogP contribution in [0.5, 0.6) is 5.75 Å². The van der Waals surface area contributed by atoms with Gasteiger partial charge in [0.25, 0.3) is 5.91 Å². The van der Waals surface area contributed by atoms with Gasteiger partial charge in [0.15, 0.2) is 0 Å². The number of ether oxygens (including phenoxy) is 1. The molecule has 2 aromatic carbocycles. The SMILES string of the molecule is COc1ccc2cc3n(c2c1)CC(C)(C(=O)NC1CCCC1)N(CCc1ccc(SC)cc1)C3=O. The summed E-state index contributed by atoms with van der Waals surface area (Å²) in [5.74, 6) is 0.571. The number of thioether (sulfide) groups is 1. The van der Waals surface area contributed by atoms with Crippen molar-refractivity contribution < 1.29 is 14.3 Å². The molecule has 1 aliphatic carbocycles. The fourth-order valence-corrected chi connectivity index (χ4v) is 5.86. The van der Waals surface area contributed by atoms with Gasteiger partial charge in [0.2, 0.25) is 5.91 Å². The maximum absolute atomic E-state index is 13.9. The third-order valence-corrected chi connectivity index (χ3v) is 8.34. The molecule has 7 heteroatoms. The summed E-state index contributed by atoms with van der Waals surface area (Å²) >= 11 is 1.71. The second-order valence-electron chi connectivity index (χ2n) is 9.82. The van der Waals surface area contributed by atoms with Crippen LogP contribution in [0, 0.1) is 0 Å². The molecule has 2 heterocycles. The molecule has 0 bridgehead atoms. The van der Waals surface area contributed by atoms with Crippen LogP contribution < -0.4 is 10.1 Å². The van der Waals surface area contributed by atoms with Crippen LogP contribution in [0.1, 0.15) is 48.7 Å². The van der Waals surface area contributed by atoms with Gasteiger partial charge in [-0.15, -0.1) is 11.8 Å². The maximum Gasteiger partial charge on any atom is 0.271 e. The van der Waals surface area contributed by atoms with E-state index in [0.29, 0.717) is 25.2 Å². The summed E-state index contributed by atoms with van der Waals surface area (Å²) in [6, 6.07) is 16.4. The molecule has 6 nitrogen and oxygen atoms in total. The number of hydrogen-bond donors (Lipinski definition) is 1. The molecule has 5 rings (SSSR count). The number of rotatable bonds is 7. The molecule has 2 aliphatic rings. The smallest absolute Gasteiger partial charge is 0.271 e. The van der Waals surface area contributed by atoms with Crippen molar-refractivity contribution in [1.82, 2.24) is 14.8 Å². The van der Waals surface area contributed by atoms with E-state index in [0.717, 1.165) is 47.9 Å². The van der Waals surface area contributed by atoms with Crippen LogP contribution >= 0.6 is 11.8 Å². The fraction of sp³-hybridized carbons (Fsp3) is 0.429. The van der Waals surface area contributed by atoms with Crippen molar-refractivity contribution >= 4 is 34.5 Å². The van der Waals surface area contributed by atoms with E-state index in [1.54, 1.807) is 23.8 Å². The van der Waals surface area contributed by atoms with Crippen molar-refractivity contribution in [3.05, 3.63) is 59.8 Å². The Bertz CT molecular complexity index is 1250. The van der Waals surface area contributed by atoms with E-state index < -0.39 is 5.54 Å². The van der Waals surface area contributed by atoms with Crippen molar-refractivity contribution in [2.75, 3.05) is 19.9 Å². The zero-order valence-corrected chi connectivity index (χ0v) is 21.5. The summed E-state index contributed by atoms with van der Waals surface area (Å²) in [5.41, 5.74) is 1.71. The second-order valence-corrected chi connectivity index (χ2v) is 10.7. The Balaban J connectivity index is 1.50. The number of carbonyl (C=O) groups excluding carboxylic acids is 2. The van der Waals surface area contributed by atoms with E-state index >= 15 is 0 Å². The molecule has 0 radical (unpaired) electrons. The first-order valence-corrected chi connectivity index (χ1v) is 13.6. The number of hydrogen-bond acceptors (Lipinski definition) is 4. The predicted octanol–water partition coefficient (Wildman–Crippen LogP) is 4.89. The van der Waals surface area contributed by atoms with Crippen LogP contribution in [0.15, 0.2) is 53.4 Å². The lowest BCUT2D eigenvalue weighted by molar-refractivity contribution is -0.133. The van der Waals surface area contributed by atoms with Gasteiger partial charge >= 0.3 is 0 Å². The molecule has 1 fully saturated rings. The molecule has 1 aliphatic heterocycles. The Kier molecular flexibility index (Phi) is 6.53. The third kappa shape index (κ3) is 4.42. The lowest BCUT2D eigenvalue weighted by atomic mass is 9.93. The summed E-state index contributed by atoms with van der Waals surface area (Å²) in [6.07, 6.45) is 7.05. The minimum Gasteiger partial charge on any atom is -0.497 e. The molecule has 1 saturated carbocycles. The normalized spacial score (nSPS) is 20.3.